The first kappa shape index (κ1) is 17.7. The molecule has 0 heterocycles. The Morgan fingerprint density at radius 2 is 1.67 bits per heavy atom. The van der Waals surface area contributed by atoms with Crippen LogP contribution < -0.4 is 14.8 Å². The van der Waals surface area contributed by atoms with Crippen LogP contribution in [0.1, 0.15) is 12.0 Å². The Morgan fingerprint density at radius 1 is 1.04 bits per heavy atom. The van der Waals surface area contributed by atoms with E-state index in [-0.39, 0.29) is 12.1 Å². The van der Waals surface area contributed by atoms with E-state index in [4.69, 9.17) is 4.74 Å². The zero-order valence-corrected chi connectivity index (χ0v) is 12.9. The van der Waals surface area contributed by atoms with Crippen molar-refractivity contribution >= 4 is 11.6 Å². The first-order chi connectivity index (χ1) is 11.4. The molecule has 7 heteroatoms. The van der Waals surface area contributed by atoms with Gasteiger partial charge in [0.15, 0.2) is 5.75 Å². The Hall–Kier alpha value is -2.70. The lowest BCUT2D eigenvalue weighted by atomic mass is 10.1. The molecule has 0 aliphatic rings. The van der Waals surface area contributed by atoms with Crippen LogP contribution in [0, 0.1) is 0 Å². The molecule has 0 fully saturated rings. The monoisotopic (exact) mass is 339 g/mol. The molecule has 0 saturated carbocycles. The summed E-state index contributed by atoms with van der Waals surface area (Å²) in [7, 11) is 1.53. The number of nitrogens with one attached hydrogen (secondary N) is 1. The first-order valence-corrected chi connectivity index (χ1v) is 7.15. The van der Waals surface area contributed by atoms with Crippen LogP contribution in [0.25, 0.3) is 0 Å². The summed E-state index contributed by atoms with van der Waals surface area (Å²) < 4.78 is 46.2. The Bertz CT molecular complexity index is 701. The molecule has 0 saturated heterocycles. The van der Waals surface area contributed by atoms with Gasteiger partial charge >= 0.3 is 6.36 Å². The van der Waals surface area contributed by atoms with Gasteiger partial charge in [0.25, 0.3) is 0 Å². The molecular weight excluding hydrogens is 323 g/mol. The van der Waals surface area contributed by atoms with Crippen LogP contribution >= 0.6 is 0 Å². The summed E-state index contributed by atoms with van der Waals surface area (Å²) in [6.45, 7) is 0. The normalized spacial score (nSPS) is 11.0. The van der Waals surface area contributed by atoms with E-state index < -0.39 is 18.0 Å². The fourth-order valence-corrected chi connectivity index (χ4v) is 2.15. The molecule has 128 valence electrons. The van der Waals surface area contributed by atoms with Crippen molar-refractivity contribution in [3.63, 3.8) is 0 Å². The predicted molar refractivity (Wildman–Crippen MR) is 83.1 cm³/mol. The molecule has 2 rings (SSSR count). The maximum atomic E-state index is 12.4. The lowest BCUT2D eigenvalue weighted by Crippen LogP contribution is -2.19. The van der Waals surface area contributed by atoms with Gasteiger partial charge in [0, 0.05) is 6.42 Å². The van der Waals surface area contributed by atoms with E-state index >= 15 is 0 Å². The van der Waals surface area contributed by atoms with Gasteiger partial charge in [0.05, 0.1) is 12.8 Å². The molecule has 2 aromatic rings. The van der Waals surface area contributed by atoms with Crippen molar-refractivity contribution in [1.29, 1.82) is 0 Å². The zero-order chi connectivity index (χ0) is 17.6. The van der Waals surface area contributed by atoms with Gasteiger partial charge < -0.3 is 14.8 Å². The number of halogens is 3. The minimum absolute atomic E-state index is 0.0279. The topological polar surface area (TPSA) is 47.6 Å². The number of aryl methyl sites for hydroxylation is 1. The van der Waals surface area contributed by atoms with Gasteiger partial charge in [-0.05, 0) is 30.2 Å². The quantitative estimate of drug-likeness (QED) is 0.859. The molecule has 24 heavy (non-hydrogen) atoms. The largest absolute Gasteiger partial charge is 0.573 e. The molecule has 0 aliphatic carbocycles. The highest BCUT2D eigenvalue weighted by Crippen LogP contribution is 2.30. The maximum absolute atomic E-state index is 12.4. The molecule has 0 radical (unpaired) electrons. The van der Waals surface area contributed by atoms with Crippen molar-refractivity contribution in [2.75, 3.05) is 12.4 Å². The number of ether oxygens (including phenoxy) is 2. The smallest absolute Gasteiger partial charge is 0.496 e. The fraction of sp³-hybridized carbons (Fsp3) is 0.235. The molecule has 0 bridgehead atoms. The second-order valence-electron chi connectivity index (χ2n) is 4.90. The summed E-state index contributed by atoms with van der Waals surface area (Å²) in [6.07, 6.45) is -4.32. The van der Waals surface area contributed by atoms with Gasteiger partial charge in [0.2, 0.25) is 5.91 Å². The molecule has 1 amide bonds. The Labute approximate surface area is 137 Å². The van der Waals surface area contributed by atoms with Crippen molar-refractivity contribution in [2.24, 2.45) is 0 Å². The Morgan fingerprint density at radius 3 is 2.33 bits per heavy atom. The van der Waals surface area contributed by atoms with Crippen LogP contribution in [0.2, 0.25) is 0 Å². The molecule has 0 spiro atoms. The van der Waals surface area contributed by atoms with Gasteiger partial charge in [-0.25, -0.2) is 0 Å². The number of rotatable bonds is 6. The highest BCUT2D eigenvalue weighted by atomic mass is 19.4. The van der Waals surface area contributed by atoms with E-state index in [1.807, 2.05) is 18.2 Å². The molecule has 2 aromatic carbocycles. The second kappa shape index (κ2) is 7.72. The summed E-state index contributed by atoms with van der Waals surface area (Å²) in [5.41, 5.74) is 0.815. The molecule has 1 N–H and O–H groups in total. The fourth-order valence-electron chi connectivity index (χ4n) is 2.15. The maximum Gasteiger partial charge on any atom is 0.573 e. The van der Waals surface area contributed by atoms with Crippen molar-refractivity contribution in [2.45, 2.75) is 19.2 Å². The van der Waals surface area contributed by atoms with E-state index in [1.165, 1.54) is 25.3 Å². The van der Waals surface area contributed by atoms with Crippen LogP contribution in [0.3, 0.4) is 0 Å². The first-order valence-electron chi connectivity index (χ1n) is 7.15. The van der Waals surface area contributed by atoms with Gasteiger partial charge in [-0.15, -0.1) is 13.2 Å². The van der Waals surface area contributed by atoms with E-state index in [2.05, 4.69) is 10.1 Å². The van der Waals surface area contributed by atoms with Crippen molar-refractivity contribution < 1.29 is 27.4 Å². The third-order valence-electron chi connectivity index (χ3n) is 3.20. The lowest BCUT2D eigenvalue weighted by Gasteiger charge is -2.14. The minimum Gasteiger partial charge on any atom is -0.496 e. The third kappa shape index (κ3) is 5.19. The number of benzene rings is 2. The number of hydrogen-bond donors (Lipinski definition) is 1. The molecule has 0 aromatic heterocycles. The van der Waals surface area contributed by atoms with Gasteiger partial charge in [-0.1, -0.05) is 30.3 Å². The third-order valence-corrected chi connectivity index (χ3v) is 3.20. The number of amides is 1. The standard InChI is InChI=1S/C17H16F3NO3/c1-23-14-8-4-2-6-12(14)10-11-16(22)21-13-7-3-5-9-15(13)24-17(18,19)20/h2-9H,10-11H2,1H3,(H,21,22). The van der Waals surface area contributed by atoms with E-state index in [9.17, 15) is 18.0 Å². The lowest BCUT2D eigenvalue weighted by molar-refractivity contribution is -0.274. The van der Waals surface area contributed by atoms with Crippen molar-refractivity contribution in [1.82, 2.24) is 0 Å². The molecule has 0 atom stereocenters. The summed E-state index contributed by atoms with van der Waals surface area (Å²) >= 11 is 0. The van der Waals surface area contributed by atoms with Gasteiger partial charge in [0.1, 0.15) is 5.75 Å². The van der Waals surface area contributed by atoms with Crippen LogP contribution in [0.5, 0.6) is 11.5 Å². The van der Waals surface area contributed by atoms with Crippen LogP contribution in [0.15, 0.2) is 48.5 Å². The molecule has 0 unspecified atom stereocenters. The number of anilines is 1. The Balaban J connectivity index is 2.00. The van der Waals surface area contributed by atoms with E-state index in [0.29, 0.717) is 12.2 Å². The van der Waals surface area contributed by atoms with Crippen LogP contribution in [0.4, 0.5) is 18.9 Å². The Kier molecular flexibility index (Phi) is 5.68. The van der Waals surface area contributed by atoms with Crippen LogP contribution in [-0.2, 0) is 11.2 Å². The number of carbonyl (C=O) groups is 1. The highest BCUT2D eigenvalue weighted by molar-refractivity contribution is 5.92. The highest BCUT2D eigenvalue weighted by Gasteiger charge is 2.32. The molecular formula is C17H16F3NO3. The number of carbonyl (C=O) groups excluding carboxylic acids is 1. The number of para-hydroxylation sites is 3. The second-order valence-corrected chi connectivity index (χ2v) is 4.90. The van der Waals surface area contributed by atoms with E-state index in [1.54, 1.807) is 6.07 Å². The SMILES string of the molecule is COc1ccccc1CCC(=O)Nc1ccccc1OC(F)(F)F. The minimum atomic E-state index is -4.82. The van der Waals surface area contributed by atoms with E-state index in [0.717, 1.165) is 11.6 Å². The average Bonchev–Trinajstić information content (AvgIpc) is 2.53. The van der Waals surface area contributed by atoms with Crippen molar-refractivity contribution in [3.8, 4) is 11.5 Å². The zero-order valence-electron chi connectivity index (χ0n) is 12.9. The summed E-state index contributed by atoms with van der Waals surface area (Å²) in [6, 6.07) is 12.6. The summed E-state index contributed by atoms with van der Waals surface area (Å²) in [5.74, 6) is -0.208. The molecule has 0 aliphatic heterocycles. The average molecular weight is 339 g/mol. The van der Waals surface area contributed by atoms with Crippen molar-refractivity contribution in [3.05, 3.63) is 54.1 Å². The van der Waals surface area contributed by atoms with Gasteiger partial charge in [-0.2, -0.15) is 0 Å². The summed E-state index contributed by atoms with van der Waals surface area (Å²) in [5, 5.41) is 2.44. The predicted octanol–water partition coefficient (Wildman–Crippen LogP) is 4.17. The van der Waals surface area contributed by atoms with Gasteiger partial charge in [-0.3, -0.25) is 4.79 Å². The number of hydrogen-bond acceptors (Lipinski definition) is 3. The number of alkyl halides is 3. The van der Waals surface area contributed by atoms with Crippen LogP contribution in [-0.4, -0.2) is 19.4 Å². The molecule has 4 nitrogen and oxygen atoms in total. The number of methoxy groups -OCH3 is 1. The summed E-state index contributed by atoms with van der Waals surface area (Å²) in [4.78, 5) is 12.0.